The molecule has 1 aromatic heterocycles. The van der Waals surface area contributed by atoms with E-state index in [2.05, 4.69) is 17.2 Å². The summed E-state index contributed by atoms with van der Waals surface area (Å²) in [5.74, 6) is 1.68. The van der Waals surface area contributed by atoms with E-state index < -0.39 is 0 Å². The number of rotatable bonds is 6. The number of hydrogen-bond donors (Lipinski definition) is 1. The molecule has 1 aliphatic carbocycles. The predicted octanol–water partition coefficient (Wildman–Crippen LogP) is 3.34. The number of ether oxygens (including phenoxy) is 1. The summed E-state index contributed by atoms with van der Waals surface area (Å²) in [6.07, 6.45) is 5.32. The van der Waals surface area contributed by atoms with Crippen LogP contribution in [0.3, 0.4) is 0 Å². The first-order valence-corrected chi connectivity index (χ1v) is 8.30. The van der Waals surface area contributed by atoms with Gasteiger partial charge in [-0.05, 0) is 37.7 Å². The second-order valence-corrected chi connectivity index (χ2v) is 6.34. The second kappa shape index (κ2) is 7.53. The van der Waals surface area contributed by atoms with Crippen LogP contribution in [-0.2, 0) is 4.74 Å². The van der Waals surface area contributed by atoms with E-state index in [0.717, 1.165) is 11.6 Å². The van der Waals surface area contributed by atoms with Gasteiger partial charge in [-0.3, -0.25) is 0 Å². The minimum absolute atomic E-state index is 0.313. The van der Waals surface area contributed by atoms with Gasteiger partial charge in [-0.15, -0.1) is 0 Å². The average molecular weight is 294 g/mol. The number of carbonyl (C=O) groups is 1. The van der Waals surface area contributed by atoms with Gasteiger partial charge in [-0.25, -0.2) is 9.78 Å². The van der Waals surface area contributed by atoms with Gasteiger partial charge in [0.1, 0.15) is 5.82 Å². The maximum atomic E-state index is 11.6. The van der Waals surface area contributed by atoms with E-state index in [-0.39, 0.29) is 5.97 Å². The van der Waals surface area contributed by atoms with E-state index in [4.69, 9.17) is 4.74 Å². The van der Waals surface area contributed by atoms with Crippen molar-refractivity contribution in [1.82, 2.24) is 4.98 Å². The normalized spacial score (nSPS) is 21.7. The number of thioether (sulfide) groups is 1. The Morgan fingerprint density at radius 1 is 1.45 bits per heavy atom. The maximum absolute atomic E-state index is 11.6. The van der Waals surface area contributed by atoms with Crippen molar-refractivity contribution in [2.45, 2.75) is 44.4 Å². The Morgan fingerprint density at radius 3 is 2.95 bits per heavy atom. The van der Waals surface area contributed by atoms with Crippen LogP contribution in [0.5, 0.6) is 0 Å². The molecule has 2 unspecified atom stereocenters. The van der Waals surface area contributed by atoms with Gasteiger partial charge in [-0.1, -0.05) is 13.3 Å². The minimum Gasteiger partial charge on any atom is -0.462 e. The van der Waals surface area contributed by atoms with E-state index in [1.54, 1.807) is 19.2 Å². The molecule has 110 valence electrons. The molecule has 2 atom stereocenters. The van der Waals surface area contributed by atoms with Crippen molar-refractivity contribution >= 4 is 23.5 Å². The van der Waals surface area contributed by atoms with Crippen LogP contribution in [0.4, 0.5) is 5.82 Å². The molecule has 0 saturated heterocycles. The van der Waals surface area contributed by atoms with Crippen molar-refractivity contribution in [3.63, 3.8) is 0 Å². The third kappa shape index (κ3) is 3.88. The number of carbonyl (C=O) groups excluding carboxylic acids is 1. The van der Waals surface area contributed by atoms with Gasteiger partial charge >= 0.3 is 5.97 Å². The Labute approximate surface area is 124 Å². The highest BCUT2D eigenvalue weighted by molar-refractivity contribution is 7.99. The Kier molecular flexibility index (Phi) is 5.71. The largest absolute Gasteiger partial charge is 0.462 e. The monoisotopic (exact) mass is 294 g/mol. The van der Waals surface area contributed by atoms with Gasteiger partial charge in [0, 0.05) is 17.5 Å². The van der Waals surface area contributed by atoms with E-state index in [1.165, 1.54) is 19.3 Å². The third-order valence-electron chi connectivity index (χ3n) is 3.44. The molecule has 0 aliphatic heterocycles. The Balaban J connectivity index is 1.95. The highest BCUT2D eigenvalue weighted by Gasteiger charge is 2.27. The fourth-order valence-corrected chi connectivity index (χ4v) is 3.71. The molecule has 5 heteroatoms. The topological polar surface area (TPSA) is 51.2 Å². The minimum atomic E-state index is -0.313. The molecule has 0 amide bonds. The molecule has 0 bridgehead atoms. The van der Waals surface area contributed by atoms with Gasteiger partial charge in [0.15, 0.2) is 0 Å². The van der Waals surface area contributed by atoms with Crippen molar-refractivity contribution in [3.8, 4) is 0 Å². The third-order valence-corrected chi connectivity index (χ3v) is 4.77. The molecule has 0 spiro atoms. The lowest BCUT2D eigenvalue weighted by molar-refractivity contribution is 0.0526. The molecule has 2 rings (SSSR count). The molecular weight excluding hydrogens is 272 g/mol. The zero-order valence-electron chi connectivity index (χ0n) is 12.1. The fourth-order valence-electron chi connectivity index (χ4n) is 2.51. The molecular formula is C15H22N2O2S. The SMILES string of the molecule is CCOC(=O)c1ccc(NC2CCCC2SCC)nc1. The summed E-state index contributed by atoms with van der Waals surface area (Å²) in [7, 11) is 0. The molecule has 20 heavy (non-hydrogen) atoms. The van der Waals surface area contributed by atoms with Gasteiger partial charge in [0.25, 0.3) is 0 Å². The van der Waals surface area contributed by atoms with Crippen LogP contribution < -0.4 is 5.32 Å². The molecule has 1 N–H and O–H groups in total. The standard InChI is InChI=1S/C15H22N2O2S/c1-3-19-15(18)11-8-9-14(16-10-11)17-12-6-5-7-13(12)20-4-2/h8-10,12-13H,3-7H2,1-2H3,(H,16,17). The molecule has 1 fully saturated rings. The highest BCUT2D eigenvalue weighted by atomic mass is 32.2. The van der Waals surface area contributed by atoms with Crippen LogP contribution in [0.1, 0.15) is 43.5 Å². The van der Waals surface area contributed by atoms with E-state index in [0.29, 0.717) is 23.5 Å². The Hall–Kier alpha value is -1.23. The van der Waals surface area contributed by atoms with Crippen molar-refractivity contribution < 1.29 is 9.53 Å². The summed E-state index contributed by atoms with van der Waals surface area (Å²) < 4.78 is 4.95. The lowest BCUT2D eigenvalue weighted by atomic mass is 10.2. The molecule has 1 aliphatic rings. The van der Waals surface area contributed by atoms with Gasteiger partial charge in [0.2, 0.25) is 0 Å². The molecule has 1 aromatic rings. The van der Waals surface area contributed by atoms with E-state index in [1.807, 2.05) is 17.8 Å². The summed E-state index contributed by atoms with van der Waals surface area (Å²) in [6, 6.07) is 4.11. The highest BCUT2D eigenvalue weighted by Crippen LogP contribution is 2.31. The van der Waals surface area contributed by atoms with Gasteiger partial charge < -0.3 is 10.1 Å². The number of esters is 1. The summed E-state index contributed by atoms with van der Waals surface area (Å²) >= 11 is 2.02. The average Bonchev–Trinajstić information content (AvgIpc) is 2.88. The molecule has 1 heterocycles. The Morgan fingerprint density at radius 2 is 2.30 bits per heavy atom. The zero-order valence-corrected chi connectivity index (χ0v) is 12.9. The molecule has 1 saturated carbocycles. The summed E-state index contributed by atoms with van der Waals surface area (Å²) in [5, 5.41) is 4.16. The summed E-state index contributed by atoms with van der Waals surface area (Å²) in [5.41, 5.74) is 0.503. The van der Waals surface area contributed by atoms with Crippen LogP contribution in [0.15, 0.2) is 18.3 Å². The molecule has 0 radical (unpaired) electrons. The van der Waals surface area contributed by atoms with Crippen molar-refractivity contribution in [2.75, 3.05) is 17.7 Å². The summed E-state index contributed by atoms with van der Waals surface area (Å²) in [6.45, 7) is 4.39. The molecule has 0 aromatic carbocycles. The number of nitrogens with zero attached hydrogens (tertiary/aromatic N) is 1. The lowest BCUT2D eigenvalue weighted by Crippen LogP contribution is -2.26. The zero-order chi connectivity index (χ0) is 14.4. The van der Waals surface area contributed by atoms with Crippen LogP contribution in [0, 0.1) is 0 Å². The smallest absolute Gasteiger partial charge is 0.339 e. The number of nitrogens with one attached hydrogen (secondary N) is 1. The van der Waals surface area contributed by atoms with Crippen LogP contribution in [0.25, 0.3) is 0 Å². The quantitative estimate of drug-likeness (QED) is 0.815. The van der Waals surface area contributed by atoms with Crippen molar-refractivity contribution in [2.24, 2.45) is 0 Å². The number of pyridine rings is 1. The van der Waals surface area contributed by atoms with Gasteiger partial charge in [-0.2, -0.15) is 11.8 Å². The fraction of sp³-hybridized carbons (Fsp3) is 0.600. The first-order valence-electron chi connectivity index (χ1n) is 7.26. The van der Waals surface area contributed by atoms with E-state index in [9.17, 15) is 4.79 Å². The second-order valence-electron chi connectivity index (χ2n) is 4.83. The number of anilines is 1. The first kappa shape index (κ1) is 15.2. The maximum Gasteiger partial charge on any atom is 0.339 e. The van der Waals surface area contributed by atoms with Crippen molar-refractivity contribution in [1.29, 1.82) is 0 Å². The Bertz CT molecular complexity index is 436. The molecule has 4 nitrogen and oxygen atoms in total. The van der Waals surface area contributed by atoms with Crippen LogP contribution >= 0.6 is 11.8 Å². The van der Waals surface area contributed by atoms with Crippen LogP contribution in [0.2, 0.25) is 0 Å². The number of hydrogen-bond acceptors (Lipinski definition) is 5. The van der Waals surface area contributed by atoms with Gasteiger partial charge in [0.05, 0.1) is 12.2 Å². The van der Waals surface area contributed by atoms with E-state index >= 15 is 0 Å². The van der Waals surface area contributed by atoms with Crippen LogP contribution in [-0.4, -0.2) is 34.6 Å². The lowest BCUT2D eigenvalue weighted by Gasteiger charge is -2.20. The van der Waals surface area contributed by atoms with Crippen molar-refractivity contribution in [3.05, 3.63) is 23.9 Å². The number of aromatic nitrogens is 1. The first-order chi connectivity index (χ1) is 9.74. The summed E-state index contributed by atoms with van der Waals surface area (Å²) in [4.78, 5) is 15.9. The predicted molar refractivity (Wildman–Crippen MR) is 83.4 cm³/mol.